The highest BCUT2D eigenvalue weighted by Gasteiger charge is 2.21. The molecule has 1 aromatic heterocycles. The number of nitrogens with one attached hydrogen (secondary N) is 1. The second-order valence-corrected chi connectivity index (χ2v) is 5.43. The second-order valence-electron chi connectivity index (χ2n) is 4.04. The zero-order valence-corrected chi connectivity index (χ0v) is 10.7. The largest absolute Gasteiger partial charge is 0.307 e. The van der Waals surface area contributed by atoms with Crippen LogP contribution in [0, 0.1) is 0 Å². The van der Waals surface area contributed by atoms with E-state index in [4.69, 9.17) is 0 Å². The van der Waals surface area contributed by atoms with Crippen LogP contribution in [0.2, 0.25) is 0 Å². The number of hydrogen-bond acceptors (Lipinski definition) is 4. The van der Waals surface area contributed by atoms with Crippen molar-refractivity contribution in [2.45, 2.75) is 38.8 Å². The quantitative estimate of drug-likeness (QED) is 0.771. The highest BCUT2D eigenvalue weighted by Crippen LogP contribution is 2.21. The molecule has 1 N–H and O–H groups in total. The Hall–Kier alpha value is -0.550. The first kappa shape index (κ1) is 11.9. The fraction of sp³-hybridized carbons (Fsp3) is 0.818. The van der Waals surface area contributed by atoms with Gasteiger partial charge in [-0.05, 0) is 37.3 Å². The molecule has 16 heavy (non-hydrogen) atoms. The molecule has 5 heteroatoms. The maximum absolute atomic E-state index is 4.34. The minimum Gasteiger partial charge on any atom is -0.307 e. The van der Waals surface area contributed by atoms with Gasteiger partial charge in [-0.15, -0.1) is 0 Å². The summed E-state index contributed by atoms with van der Waals surface area (Å²) in [6.45, 7) is 4.32. The van der Waals surface area contributed by atoms with Gasteiger partial charge in [-0.1, -0.05) is 6.92 Å². The maximum atomic E-state index is 4.34. The van der Waals surface area contributed by atoms with E-state index >= 15 is 0 Å². The number of aromatic nitrogens is 3. The van der Waals surface area contributed by atoms with Gasteiger partial charge in [-0.25, -0.2) is 9.67 Å². The van der Waals surface area contributed by atoms with Crippen LogP contribution in [0.25, 0.3) is 0 Å². The van der Waals surface area contributed by atoms with Crippen LogP contribution in [0.15, 0.2) is 6.33 Å². The lowest BCUT2D eigenvalue weighted by atomic mass is 10.1. The Kier molecular flexibility index (Phi) is 4.66. The zero-order chi connectivity index (χ0) is 11.2. The normalized spacial score (nSPS) is 19.7. The Morgan fingerprint density at radius 2 is 2.56 bits per heavy atom. The predicted octanol–water partition coefficient (Wildman–Crippen LogP) is 1.85. The van der Waals surface area contributed by atoms with Crippen LogP contribution in [-0.4, -0.2) is 32.8 Å². The molecule has 4 nitrogen and oxygen atoms in total. The van der Waals surface area contributed by atoms with Gasteiger partial charge >= 0.3 is 0 Å². The van der Waals surface area contributed by atoms with Gasteiger partial charge in [0, 0.05) is 6.54 Å². The van der Waals surface area contributed by atoms with Gasteiger partial charge in [0.1, 0.15) is 12.2 Å². The molecule has 1 unspecified atom stereocenters. The molecule has 2 rings (SSSR count). The summed E-state index contributed by atoms with van der Waals surface area (Å²) in [5, 5.41) is 7.81. The summed E-state index contributed by atoms with van der Waals surface area (Å²) in [6.07, 6.45) is 5.31. The van der Waals surface area contributed by atoms with Crippen LogP contribution in [0.3, 0.4) is 0 Å². The maximum Gasteiger partial charge on any atom is 0.143 e. The standard InChI is InChI=1S/C11H20N4S/c1-2-16-8-4-6-12-10-5-3-7-15-11(10)13-9-14-15/h9-10,12H,2-8H2,1H3. The fourth-order valence-corrected chi connectivity index (χ4v) is 2.71. The van der Waals surface area contributed by atoms with Crippen molar-refractivity contribution in [2.24, 2.45) is 0 Å². The summed E-state index contributed by atoms with van der Waals surface area (Å²) < 4.78 is 2.03. The van der Waals surface area contributed by atoms with Gasteiger partial charge in [-0.2, -0.15) is 16.9 Å². The van der Waals surface area contributed by atoms with Crippen molar-refractivity contribution in [1.29, 1.82) is 0 Å². The highest BCUT2D eigenvalue weighted by molar-refractivity contribution is 7.99. The molecular formula is C11H20N4S. The molecule has 1 aliphatic heterocycles. The van der Waals surface area contributed by atoms with E-state index in [1.807, 2.05) is 16.4 Å². The van der Waals surface area contributed by atoms with Gasteiger partial charge in [0.15, 0.2) is 0 Å². The molecule has 0 saturated carbocycles. The number of aryl methyl sites for hydroxylation is 1. The minimum absolute atomic E-state index is 0.419. The summed E-state index contributed by atoms with van der Waals surface area (Å²) in [6, 6.07) is 0.419. The van der Waals surface area contributed by atoms with Crippen molar-refractivity contribution >= 4 is 11.8 Å². The average Bonchev–Trinajstić information content (AvgIpc) is 2.77. The first-order chi connectivity index (χ1) is 7.92. The topological polar surface area (TPSA) is 42.7 Å². The average molecular weight is 240 g/mol. The third kappa shape index (κ3) is 2.98. The van der Waals surface area contributed by atoms with E-state index in [2.05, 4.69) is 22.3 Å². The lowest BCUT2D eigenvalue weighted by molar-refractivity contribution is 0.368. The van der Waals surface area contributed by atoms with Crippen LogP contribution >= 0.6 is 11.8 Å². The minimum atomic E-state index is 0.419. The van der Waals surface area contributed by atoms with Crippen LogP contribution in [-0.2, 0) is 6.54 Å². The molecule has 0 fully saturated rings. The monoisotopic (exact) mass is 240 g/mol. The van der Waals surface area contributed by atoms with E-state index in [1.54, 1.807) is 6.33 Å². The molecule has 0 amide bonds. The molecular weight excluding hydrogens is 220 g/mol. The van der Waals surface area contributed by atoms with Gasteiger partial charge in [0.2, 0.25) is 0 Å². The van der Waals surface area contributed by atoms with Crippen LogP contribution in [0.1, 0.15) is 38.1 Å². The summed E-state index contributed by atoms with van der Waals surface area (Å²) in [7, 11) is 0. The number of nitrogens with zero attached hydrogens (tertiary/aromatic N) is 3. The van der Waals surface area contributed by atoms with E-state index in [0.29, 0.717) is 6.04 Å². The molecule has 0 bridgehead atoms. The predicted molar refractivity (Wildman–Crippen MR) is 67.6 cm³/mol. The van der Waals surface area contributed by atoms with E-state index < -0.39 is 0 Å². The Morgan fingerprint density at radius 3 is 3.44 bits per heavy atom. The molecule has 90 valence electrons. The lowest BCUT2D eigenvalue weighted by Crippen LogP contribution is -2.29. The Morgan fingerprint density at radius 1 is 1.62 bits per heavy atom. The van der Waals surface area contributed by atoms with E-state index in [9.17, 15) is 0 Å². The summed E-state index contributed by atoms with van der Waals surface area (Å²) in [4.78, 5) is 4.34. The number of thioether (sulfide) groups is 1. The zero-order valence-electron chi connectivity index (χ0n) is 9.85. The summed E-state index contributed by atoms with van der Waals surface area (Å²) in [5.41, 5.74) is 0. The molecule has 1 atom stereocenters. The first-order valence-electron chi connectivity index (χ1n) is 6.10. The smallest absolute Gasteiger partial charge is 0.143 e. The van der Waals surface area contributed by atoms with Crippen molar-refractivity contribution in [2.75, 3.05) is 18.1 Å². The third-order valence-electron chi connectivity index (χ3n) is 2.88. The molecule has 0 spiro atoms. The molecule has 1 aromatic rings. The Labute approximate surface area is 101 Å². The number of hydrogen-bond donors (Lipinski definition) is 1. The second kappa shape index (κ2) is 6.25. The molecule has 0 saturated heterocycles. The van der Waals surface area contributed by atoms with Crippen molar-refractivity contribution < 1.29 is 0 Å². The van der Waals surface area contributed by atoms with E-state index in [1.165, 1.54) is 30.8 Å². The SMILES string of the molecule is CCSCCCNC1CCCn2ncnc21. The van der Waals surface area contributed by atoms with Crippen LogP contribution < -0.4 is 5.32 Å². The molecule has 0 aliphatic carbocycles. The number of fused-ring (bicyclic) bond motifs is 1. The van der Waals surface area contributed by atoms with Crippen molar-refractivity contribution in [3.63, 3.8) is 0 Å². The molecule has 2 heterocycles. The van der Waals surface area contributed by atoms with Crippen LogP contribution in [0.4, 0.5) is 0 Å². The van der Waals surface area contributed by atoms with Crippen molar-refractivity contribution in [3.8, 4) is 0 Å². The molecule has 1 aliphatic rings. The summed E-state index contributed by atoms with van der Waals surface area (Å²) in [5.74, 6) is 3.59. The van der Waals surface area contributed by atoms with Gasteiger partial charge in [0.25, 0.3) is 0 Å². The fourth-order valence-electron chi connectivity index (χ4n) is 2.08. The van der Waals surface area contributed by atoms with Gasteiger partial charge < -0.3 is 5.32 Å². The summed E-state index contributed by atoms with van der Waals surface area (Å²) >= 11 is 2.01. The van der Waals surface area contributed by atoms with Gasteiger partial charge in [-0.3, -0.25) is 0 Å². The van der Waals surface area contributed by atoms with Gasteiger partial charge in [0.05, 0.1) is 6.04 Å². The van der Waals surface area contributed by atoms with E-state index in [-0.39, 0.29) is 0 Å². The number of rotatable bonds is 6. The van der Waals surface area contributed by atoms with Crippen LogP contribution in [0.5, 0.6) is 0 Å². The Bertz CT molecular complexity index is 313. The first-order valence-corrected chi connectivity index (χ1v) is 7.26. The third-order valence-corrected chi connectivity index (χ3v) is 3.87. The lowest BCUT2D eigenvalue weighted by Gasteiger charge is -2.23. The van der Waals surface area contributed by atoms with Crippen molar-refractivity contribution in [1.82, 2.24) is 20.1 Å². The van der Waals surface area contributed by atoms with Crippen molar-refractivity contribution in [3.05, 3.63) is 12.2 Å². The Balaban J connectivity index is 1.75. The molecule has 0 radical (unpaired) electrons. The molecule has 0 aromatic carbocycles. The van der Waals surface area contributed by atoms with E-state index in [0.717, 1.165) is 18.9 Å². The highest BCUT2D eigenvalue weighted by atomic mass is 32.2.